The fourth-order valence-corrected chi connectivity index (χ4v) is 1.73. The van der Waals surface area contributed by atoms with Crippen LogP contribution in [-0.4, -0.2) is 11.5 Å². The molecule has 106 valence electrons. The average molecular weight is 263 g/mol. The Morgan fingerprint density at radius 1 is 1.05 bits per heavy atom. The fraction of sp³-hybridized carbons (Fsp3) is 0.562. The highest BCUT2D eigenvalue weighted by atomic mass is 16.5. The predicted molar refractivity (Wildman–Crippen MR) is 78.4 cm³/mol. The number of carbonyl (C=O) groups excluding carboxylic acids is 1. The van der Waals surface area contributed by atoms with Crippen molar-refractivity contribution in [1.82, 2.24) is 0 Å². The largest absolute Gasteiger partial charge is 0.488 e. The molecule has 0 aliphatic rings. The van der Waals surface area contributed by atoms with E-state index in [1.807, 2.05) is 0 Å². The van der Waals surface area contributed by atoms with Crippen LogP contribution in [0.15, 0.2) is 24.3 Å². The van der Waals surface area contributed by atoms with E-state index in [9.17, 15) is 4.79 Å². The third kappa shape index (κ3) is 5.77. The molecule has 2 N–H and O–H groups in total. The number of ether oxygens (including phenoxy) is 1. The Morgan fingerprint density at radius 3 is 2.00 bits per heavy atom. The summed E-state index contributed by atoms with van der Waals surface area (Å²) in [4.78, 5) is 11.0. The zero-order valence-corrected chi connectivity index (χ0v) is 12.6. The molecule has 0 aliphatic heterocycles. The SMILES string of the molecule is CC(C)(C)CCC(C)(C)Oc1ccc(C(N)=O)cc1. The Labute approximate surface area is 116 Å². The Hall–Kier alpha value is -1.51. The minimum absolute atomic E-state index is 0.221. The lowest BCUT2D eigenvalue weighted by Crippen LogP contribution is -2.29. The number of carbonyl (C=O) groups is 1. The zero-order chi connectivity index (χ0) is 14.7. The Kier molecular flexibility index (Phi) is 4.61. The van der Waals surface area contributed by atoms with Gasteiger partial charge in [0, 0.05) is 5.56 Å². The van der Waals surface area contributed by atoms with E-state index in [0.717, 1.165) is 18.6 Å². The number of nitrogens with two attached hydrogens (primary N) is 1. The summed E-state index contributed by atoms with van der Waals surface area (Å²) in [5, 5.41) is 0. The summed E-state index contributed by atoms with van der Waals surface area (Å²) >= 11 is 0. The van der Waals surface area contributed by atoms with Crippen molar-refractivity contribution in [2.75, 3.05) is 0 Å². The maximum atomic E-state index is 11.0. The molecular formula is C16H25NO2. The smallest absolute Gasteiger partial charge is 0.248 e. The van der Waals surface area contributed by atoms with Crippen molar-refractivity contribution < 1.29 is 9.53 Å². The summed E-state index contributed by atoms with van der Waals surface area (Å²) in [5.74, 6) is 0.349. The topological polar surface area (TPSA) is 52.3 Å². The molecule has 19 heavy (non-hydrogen) atoms. The summed E-state index contributed by atoms with van der Waals surface area (Å²) in [6, 6.07) is 6.97. The van der Waals surface area contributed by atoms with Gasteiger partial charge in [-0.15, -0.1) is 0 Å². The summed E-state index contributed by atoms with van der Waals surface area (Å²) in [7, 11) is 0. The number of benzene rings is 1. The van der Waals surface area contributed by atoms with Crippen molar-refractivity contribution >= 4 is 5.91 Å². The molecule has 0 fully saturated rings. The molecule has 1 aromatic carbocycles. The van der Waals surface area contributed by atoms with Gasteiger partial charge in [0.25, 0.3) is 0 Å². The van der Waals surface area contributed by atoms with Crippen LogP contribution < -0.4 is 10.5 Å². The predicted octanol–water partition coefficient (Wildman–Crippen LogP) is 3.77. The molecule has 0 atom stereocenters. The first-order chi connectivity index (χ1) is 8.59. The van der Waals surface area contributed by atoms with Gasteiger partial charge in [-0.1, -0.05) is 20.8 Å². The molecule has 0 aromatic heterocycles. The van der Waals surface area contributed by atoms with E-state index in [0.29, 0.717) is 11.0 Å². The molecule has 0 heterocycles. The third-order valence-corrected chi connectivity index (χ3v) is 3.01. The molecule has 1 amide bonds. The zero-order valence-electron chi connectivity index (χ0n) is 12.6. The normalized spacial score (nSPS) is 12.3. The van der Waals surface area contributed by atoms with Gasteiger partial charge in [0.2, 0.25) is 5.91 Å². The molecule has 3 nitrogen and oxygen atoms in total. The molecule has 0 saturated carbocycles. The second-order valence-corrected chi connectivity index (χ2v) is 6.81. The summed E-state index contributed by atoms with van der Waals surface area (Å²) in [5.41, 5.74) is 5.79. The highest BCUT2D eigenvalue weighted by molar-refractivity contribution is 5.92. The highest BCUT2D eigenvalue weighted by Crippen LogP contribution is 2.28. The first-order valence-electron chi connectivity index (χ1n) is 6.68. The molecule has 0 aliphatic carbocycles. The molecule has 0 spiro atoms. The standard InChI is InChI=1S/C16H25NO2/c1-15(2,3)10-11-16(4,5)19-13-8-6-12(7-9-13)14(17)18/h6-9H,10-11H2,1-5H3,(H2,17,18). The van der Waals surface area contributed by atoms with E-state index in [2.05, 4.69) is 34.6 Å². The fourth-order valence-electron chi connectivity index (χ4n) is 1.73. The first-order valence-corrected chi connectivity index (χ1v) is 6.68. The molecule has 0 saturated heterocycles. The quantitative estimate of drug-likeness (QED) is 0.879. The molecule has 1 rings (SSSR count). The van der Waals surface area contributed by atoms with Crippen LogP contribution in [0.2, 0.25) is 0 Å². The minimum Gasteiger partial charge on any atom is -0.488 e. The molecule has 0 radical (unpaired) electrons. The lowest BCUT2D eigenvalue weighted by atomic mass is 9.86. The van der Waals surface area contributed by atoms with Crippen molar-refractivity contribution in [3.63, 3.8) is 0 Å². The van der Waals surface area contributed by atoms with Crippen molar-refractivity contribution in [2.45, 2.75) is 53.1 Å². The maximum absolute atomic E-state index is 11.0. The highest BCUT2D eigenvalue weighted by Gasteiger charge is 2.23. The van der Waals surface area contributed by atoms with Crippen LogP contribution in [0.1, 0.15) is 57.8 Å². The lowest BCUT2D eigenvalue weighted by Gasteiger charge is -2.30. The van der Waals surface area contributed by atoms with E-state index in [-0.39, 0.29) is 5.60 Å². The van der Waals surface area contributed by atoms with Crippen LogP contribution in [0, 0.1) is 5.41 Å². The van der Waals surface area contributed by atoms with Crippen molar-refractivity contribution in [3.8, 4) is 5.75 Å². The van der Waals surface area contributed by atoms with Gasteiger partial charge in [0.1, 0.15) is 11.4 Å². The van der Waals surface area contributed by atoms with Crippen LogP contribution in [-0.2, 0) is 0 Å². The molecule has 1 aromatic rings. The second-order valence-electron chi connectivity index (χ2n) is 6.81. The van der Waals surface area contributed by atoms with Crippen LogP contribution in [0.4, 0.5) is 0 Å². The summed E-state index contributed by atoms with van der Waals surface area (Å²) in [6.45, 7) is 10.8. The van der Waals surface area contributed by atoms with Crippen LogP contribution in [0.5, 0.6) is 5.75 Å². The van der Waals surface area contributed by atoms with Gasteiger partial charge in [-0.3, -0.25) is 4.79 Å². The third-order valence-electron chi connectivity index (χ3n) is 3.01. The Balaban J connectivity index is 2.64. The van der Waals surface area contributed by atoms with Crippen molar-refractivity contribution in [1.29, 1.82) is 0 Å². The van der Waals surface area contributed by atoms with E-state index in [1.165, 1.54) is 0 Å². The van der Waals surface area contributed by atoms with Gasteiger partial charge in [0.05, 0.1) is 0 Å². The van der Waals surface area contributed by atoms with Gasteiger partial charge in [-0.2, -0.15) is 0 Å². The Bertz CT molecular complexity index is 427. The minimum atomic E-state index is -0.418. The van der Waals surface area contributed by atoms with Gasteiger partial charge in [-0.25, -0.2) is 0 Å². The summed E-state index contributed by atoms with van der Waals surface area (Å²) < 4.78 is 5.98. The van der Waals surface area contributed by atoms with Crippen LogP contribution in [0.25, 0.3) is 0 Å². The first kappa shape index (κ1) is 15.5. The molecule has 0 unspecified atom stereocenters. The number of hydrogen-bond donors (Lipinski definition) is 1. The average Bonchev–Trinajstić information content (AvgIpc) is 2.26. The second kappa shape index (κ2) is 5.64. The molecule has 3 heteroatoms. The lowest BCUT2D eigenvalue weighted by molar-refractivity contribution is 0.0847. The number of primary amides is 1. The monoisotopic (exact) mass is 263 g/mol. The van der Waals surface area contributed by atoms with Gasteiger partial charge < -0.3 is 10.5 Å². The maximum Gasteiger partial charge on any atom is 0.248 e. The van der Waals surface area contributed by atoms with Gasteiger partial charge in [-0.05, 0) is 56.4 Å². The van der Waals surface area contributed by atoms with Crippen LogP contribution >= 0.6 is 0 Å². The molecule has 0 bridgehead atoms. The van der Waals surface area contributed by atoms with E-state index < -0.39 is 5.91 Å². The number of amides is 1. The number of hydrogen-bond acceptors (Lipinski definition) is 2. The van der Waals surface area contributed by atoms with Gasteiger partial charge in [0.15, 0.2) is 0 Å². The van der Waals surface area contributed by atoms with Crippen molar-refractivity contribution in [3.05, 3.63) is 29.8 Å². The summed E-state index contributed by atoms with van der Waals surface area (Å²) in [6.07, 6.45) is 2.08. The van der Waals surface area contributed by atoms with E-state index in [1.54, 1.807) is 24.3 Å². The van der Waals surface area contributed by atoms with Crippen molar-refractivity contribution in [2.24, 2.45) is 11.1 Å². The van der Waals surface area contributed by atoms with E-state index in [4.69, 9.17) is 10.5 Å². The van der Waals surface area contributed by atoms with Crippen LogP contribution in [0.3, 0.4) is 0 Å². The Morgan fingerprint density at radius 2 is 1.58 bits per heavy atom. The van der Waals surface area contributed by atoms with Gasteiger partial charge >= 0.3 is 0 Å². The molecular weight excluding hydrogens is 238 g/mol. The van der Waals surface area contributed by atoms with E-state index >= 15 is 0 Å². The number of rotatable bonds is 5.